The van der Waals surface area contributed by atoms with E-state index in [1.54, 1.807) is 34.7 Å². The molecule has 1 aromatic carbocycles. The van der Waals surface area contributed by atoms with Crippen molar-refractivity contribution in [3.8, 4) is 0 Å². The average molecular weight is 567 g/mol. The van der Waals surface area contributed by atoms with E-state index in [-0.39, 0.29) is 27.5 Å². The highest BCUT2D eigenvalue weighted by Gasteiger charge is 2.52. The summed E-state index contributed by atoms with van der Waals surface area (Å²) in [4.78, 5) is 8.48. The number of rotatable bonds is 6. The number of fused-ring (bicyclic) bond motifs is 3. The molecule has 0 saturated heterocycles. The molecular weight excluding hydrogens is 540 g/mol. The zero-order valence-electron chi connectivity index (χ0n) is 21.3. The molecule has 0 radical (unpaired) electrons. The summed E-state index contributed by atoms with van der Waals surface area (Å²) in [7, 11) is -7.75. The average Bonchev–Trinajstić information content (AvgIpc) is 3.51. The number of aryl methyl sites for hydroxylation is 1. The van der Waals surface area contributed by atoms with Crippen LogP contribution >= 0.6 is 0 Å². The lowest BCUT2D eigenvalue weighted by Crippen LogP contribution is -2.57. The van der Waals surface area contributed by atoms with Crippen molar-refractivity contribution in [2.24, 2.45) is 5.41 Å². The van der Waals surface area contributed by atoms with E-state index in [0.717, 1.165) is 9.54 Å². The van der Waals surface area contributed by atoms with Crippen LogP contribution in [0, 0.1) is 12.3 Å². The van der Waals surface area contributed by atoms with Gasteiger partial charge in [-0.3, -0.25) is 4.40 Å². The second kappa shape index (κ2) is 8.56. The van der Waals surface area contributed by atoms with Gasteiger partial charge in [0.2, 0.25) is 0 Å². The minimum Gasteiger partial charge on any atom is -0.397 e. The van der Waals surface area contributed by atoms with Crippen molar-refractivity contribution in [3.05, 3.63) is 72.4 Å². The highest BCUT2D eigenvalue weighted by Crippen LogP contribution is 2.52. The maximum Gasteiger partial charge on any atom is 0.269 e. The molecule has 5 aromatic rings. The van der Waals surface area contributed by atoms with Gasteiger partial charge >= 0.3 is 0 Å². The van der Waals surface area contributed by atoms with Gasteiger partial charge in [0, 0.05) is 18.2 Å². The van der Waals surface area contributed by atoms with Gasteiger partial charge in [-0.15, -0.1) is 10.2 Å². The molecule has 6 rings (SSSR count). The first-order valence-corrected chi connectivity index (χ1v) is 15.1. The number of sulfonamides is 1. The molecular formula is C25H26N8O4S2. The van der Waals surface area contributed by atoms with E-state index in [1.807, 2.05) is 20.8 Å². The van der Waals surface area contributed by atoms with Crippen LogP contribution in [0.1, 0.15) is 37.6 Å². The zero-order valence-corrected chi connectivity index (χ0v) is 23.0. The van der Waals surface area contributed by atoms with Crippen LogP contribution in [0.25, 0.3) is 16.8 Å². The summed E-state index contributed by atoms with van der Waals surface area (Å²) in [5.74, 6) is 0.441. The predicted octanol–water partition coefficient (Wildman–Crippen LogP) is 2.46. The van der Waals surface area contributed by atoms with E-state index in [1.165, 1.54) is 30.7 Å². The monoisotopic (exact) mass is 566 g/mol. The van der Waals surface area contributed by atoms with Crippen LogP contribution in [0.2, 0.25) is 0 Å². The number of benzene rings is 1. The quantitative estimate of drug-likeness (QED) is 0.314. The maximum atomic E-state index is 13.4. The molecule has 1 fully saturated rings. The van der Waals surface area contributed by atoms with Gasteiger partial charge in [0.25, 0.3) is 20.0 Å². The van der Waals surface area contributed by atoms with Crippen molar-refractivity contribution < 1.29 is 16.8 Å². The van der Waals surface area contributed by atoms with Gasteiger partial charge in [-0.2, -0.15) is 0 Å². The molecule has 3 N–H and O–H groups in total. The number of nitrogens with zero attached hydrogens (tertiary/aromatic N) is 6. The topological polar surface area (TPSA) is 167 Å². The third-order valence-electron chi connectivity index (χ3n) is 7.55. The fraction of sp³-hybridized carbons (Fsp3) is 0.280. The van der Waals surface area contributed by atoms with Crippen molar-refractivity contribution in [3.63, 3.8) is 0 Å². The largest absolute Gasteiger partial charge is 0.397 e. The molecule has 12 nitrogen and oxygen atoms in total. The highest BCUT2D eigenvalue weighted by atomic mass is 32.2. The number of nitrogen functional groups attached to an aromatic ring is 1. The summed E-state index contributed by atoms with van der Waals surface area (Å²) >= 11 is 0. The molecule has 1 aliphatic rings. The molecule has 1 saturated carbocycles. The Morgan fingerprint density at radius 1 is 0.974 bits per heavy atom. The number of nitrogens with one attached hydrogen (secondary N) is 1. The first-order valence-electron chi connectivity index (χ1n) is 12.2. The normalized spacial score (nSPS) is 19.4. The second-order valence-corrected chi connectivity index (χ2v) is 13.8. The number of hydrogen-bond donors (Lipinski definition) is 2. The Morgan fingerprint density at radius 2 is 1.72 bits per heavy atom. The van der Waals surface area contributed by atoms with Crippen LogP contribution in [-0.4, -0.2) is 51.4 Å². The third kappa shape index (κ3) is 3.97. The molecule has 0 bridgehead atoms. The van der Waals surface area contributed by atoms with E-state index in [0.29, 0.717) is 29.1 Å². The summed E-state index contributed by atoms with van der Waals surface area (Å²) in [6, 6.07) is 10.8. The Bertz CT molecular complexity index is 1950. The zero-order chi connectivity index (χ0) is 27.7. The number of pyridine rings is 1. The highest BCUT2D eigenvalue weighted by molar-refractivity contribution is 7.90. The van der Waals surface area contributed by atoms with E-state index in [2.05, 4.69) is 24.9 Å². The van der Waals surface area contributed by atoms with Crippen molar-refractivity contribution in [1.82, 2.24) is 33.3 Å². The SMILES string of the molecule is Cc1ccc(S(=O)(=O)n2ccc3c2ncc2nnc([C@H]4C[C@@H](NS(=O)(=O)c5ccc(N)cn5)C4(C)C)n23)cc1. The van der Waals surface area contributed by atoms with E-state index in [9.17, 15) is 16.8 Å². The summed E-state index contributed by atoms with van der Waals surface area (Å²) in [5, 5.41) is 8.57. The van der Waals surface area contributed by atoms with Crippen LogP contribution in [-0.2, 0) is 20.0 Å². The van der Waals surface area contributed by atoms with E-state index >= 15 is 0 Å². The molecule has 4 aromatic heterocycles. The van der Waals surface area contributed by atoms with Gasteiger partial charge in [-0.05, 0) is 49.1 Å². The summed E-state index contributed by atoms with van der Waals surface area (Å²) < 4.78 is 58.4. The molecule has 4 heterocycles. The fourth-order valence-electron chi connectivity index (χ4n) is 5.06. The number of hydrogen-bond acceptors (Lipinski definition) is 9. The van der Waals surface area contributed by atoms with Crippen molar-refractivity contribution in [1.29, 1.82) is 0 Å². The molecule has 39 heavy (non-hydrogen) atoms. The predicted molar refractivity (Wildman–Crippen MR) is 144 cm³/mol. The maximum absolute atomic E-state index is 13.4. The second-order valence-electron chi connectivity index (χ2n) is 10.4. The van der Waals surface area contributed by atoms with Crippen LogP contribution < -0.4 is 10.5 Å². The summed E-state index contributed by atoms with van der Waals surface area (Å²) in [6.07, 6.45) is 4.72. The number of anilines is 1. The van der Waals surface area contributed by atoms with Crippen LogP contribution in [0.3, 0.4) is 0 Å². The van der Waals surface area contributed by atoms with Gasteiger partial charge in [-0.25, -0.2) is 35.5 Å². The Kier molecular flexibility index (Phi) is 5.58. The lowest BCUT2D eigenvalue weighted by molar-refractivity contribution is 0.0796. The van der Waals surface area contributed by atoms with Gasteiger partial charge in [0.1, 0.15) is 5.82 Å². The smallest absolute Gasteiger partial charge is 0.269 e. The minimum atomic E-state index is -3.89. The van der Waals surface area contributed by atoms with Crippen molar-refractivity contribution >= 4 is 42.5 Å². The fourth-order valence-corrected chi connectivity index (χ4v) is 7.69. The lowest BCUT2D eigenvalue weighted by atomic mass is 9.58. The Morgan fingerprint density at radius 3 is 2.38 bits per heavy atom. The van der Waals surface area contributed by atoms with E-state index < -0.39 is 25.5 Å². The van der Waals surface area contributed by atoms with Gasteiger partial charge in [-0.1, -0.05) is 31.5 Å². The number of nitrogens with two attached hydrogens (primary N) is 1. The van der Waals surface area contributed by atoms with Crippen LogP contribution in [0.5, 0.6) is 0 Å². The van der Waals surface area contributed by atoms with Crippen molar-refractivity contribution in [2.75, 3.05) is 5.73 Å². The van der Waals surface area contributed by atoms with Crippen LogP contribution in [0.4, 0.5) is 5.69 Å². The van der Waals surface area contributed by atoms with Gasteiger partial charge in [0.05, 0.1) is 28.5 Å². The van der Waals surface area contributed by atoms with E-state index in [4.69, 9.17) is 5.73 Å². The van der Waals surface area contributed by atoms with Gasteiger partial charge in [0.15, 0.2) is 16.3 Å². The molecule has 1 aliphatic carbocycles. The Labute approximate surface area is 225 Å². The molecule has 0 amide bonds. The molecule has 202 valence electrons. The lowest BCUT2D eigenvalue weighted by Gasteiger charge is -2.51. The Hall–Kier alpha value is -3.88. The first-order chi connectivity index (χ1) is 18.4. The molecule has 0 unspecified atom stereocenters. The van der Waals surface area contributed by atoms with Gasteiger partial charge < -0.3 is 5.73 Å². The summed E-state index contributed by atoms with van der Waals surface area (Å²) in [6.45, 7) is 5.80. The minimum absolute atomic E-state index is 0.104. The first kappa shape index (κ1) is 25.4. The van der Waals surface area contributed by atoms with Crippen molar-refractivity contribution in [2.45, 2.75) is 49.1 Å². The molecule has 14 heteroatoms. The molecule has 2 atom stereocenters. The van der Waals surface area contributed by atoms with Crippen LogP contribution in [0.15, 0.2) is 71.0 Å². The number of aromatic nitrogens is 6. The third-order valence-corrected chi connectivity index (χ3v) is 10.6. The molecule has 0 spiro atoms. The standard InChI is InChI=1S/C25H26N8O4S2/c1-15-4-7-17(8-5-15)39(36,37)32-11-10-19-24(32)28-14-21-29-30-23(33(19)21)18-12-20(25(18,2)3)31-38(34,35)22-9-6-16(26)13-27-22/h4-11,13-14,18,20,31H,12,26H2,1-3H3/t18-,20-/m1/s1. The summed E-state index contributed by atoms with van der Waals surface area (Å²) in [5.41, 5.74) is 7.68. The molecule has 0 aliphatic heterocycles. The Balaban J connectivity index is 1.35.